The Kier molecular flexibility index (Phi) is 5.41. The van der Waals surface area contributed by atoms with Gasteiger partial charge in [-0.25, -0.2) is 9.59 Å². The van der Waals surface area contributed by atoms with E-state index in [1.54, 1.807) is 0 Å². The van der Waals surface area contributed by atoms with Gasteiger partial charge in [-0.05, 0) is 0 Å². The zero-order valence-electron chi connectivity index (χ0n) is 8.77. The van der Waals surface area contributed by atoms with Crippen LogP contribution in [0.1, 0.15) is 6.42 Å². The molecule has 7 nitrogen and oxygen atoms in total. The van der Waals surface area contributed by atoms with E-state index in [-0.39, 0.29) is 6.54 Å². The third-order valence-corrected chi connectivity index (χ3v) is 1.68. The first kappa shape index (κ1) is 13.8. The van der Waals surface area contributed by atoms with Crippen molar-refractivity contribution in [2.24, 2.45) is 5.73 Å². The number of carbonyl (C=O) groups is 3. The minimum absolute atomic E-state index is 0.0365. The van der Waals surface area contributed by atoms with Crippen LogP contribution in [-0.2, 0) is 9.59 Å². The smallest absolute Gasteiger partial charge is 0.326 e. The van der Waals surface area contributed by atoms with Crippen LogP contribution in [0.5, 0.6) is 0 Å². The summed E-state index contributed by atoms with van der Waals surface area (Å²) < 4.78 is 0. The predicted octanol–water partition coefficient (Wildman–Crippen LogP) is -1.41. The van der Waals surface area contributed by atoms with Crippen LogP contribution in [0.4, 0.5) is 4.79 Å². The largest absolute Gasteiger partial charge is 0.480 e. The van der Waals surface area contributed by atoms with Gasteiger partial charge in [-0.3, -0.25) is 4.79 Å². The summed E-state index contributed by atoms with van der Waals surface area (Å²) in [7, 11) is 1.40. The molecule has 0 saturated heterocycles. The number of carboxylic acid groups (broad SMARTS) is 1. The first-order valence-electron chi connectivity index (χ1n) is 4.34. The van der Waals surface area contributed by atoms with Gasteiger partial charge in [0.05, 0.1) is 13.0 Å². The van der Waals surface area contributed by atoms with Crippen molar-refractivity contribution in [3.8, 4) is 12.3 Å². The third kappa shape index (κ3) is 4.85. The summed E-state index contributed by atoms with van der Waals surface area (Å²) in [4.78, 5) is 33.7. The number of terminal acetylenes is 1. The second-order valence-corrected chi connectivity index (χ2v) is 3.07. The van der Waals surface area contributed by atoms with Crippen LogP contribution < -0.4 is 11.1 Å². The second kappa shape index (κ2) is 6.29. The van der Waals surface area contributed by atoms with Crippen molar-refractivity contribution >= 4 is 17.9 Å². The van der Waals surface area contributed by atoms with E-state index in [2.05, 4.69) is 11.2 Å². The molecule has 3 amide bonds. The van der Waals surface area contributed by atoms with Crippen LogP contribution in [0, 0.1) is 12.3 Å². The number of rotatable bonds is 5. The Balaban J connectivity index is 4.41. The Hall–Kier alpha value is -2.23. The molecule has 0 aromatic carbocycles. The zero-order valence-corrected chi connectivity index (χ0v) is 8.77. The molecule has 0 aromatic rings. The number of amides is 3. The molecule has 1 atom stereocenters. The second-order valence-electron chi connectivity index (χ2n) is 3.07. The van der Waals surface area contributed by atoms with Gasteiger partial charge in [0.25, 0.3) is 0 Å². The fraction of sp³-hybridized carbons (Fsp3) is 0.444. The summed E-state index contributed by atoms with van der Waals surface area (Å²) >= 11 is 0. The van der Waals surface area contributed by atoms with Crippen molar-refractivity contribution in [3.63, 3.8) is 0 Å². The highest BCUT2D eigenvalue weighted by Gasteiger charge is 2.23. The van der Waals surface area contributed by atoms with Crippen molar-refractivity contribution in [1.29, 1.82) is 0 Å². The molecule has 0 radical (unpaired) electrons. The minimum atomic E-state index is -1.34. The van der Waals surface area contributed by atoms with Crippen molar-refractivity contribution in [2.75, 3.05) is 13.6 Å². The van der Waals surface area contributed by atoms with Crippen LogP contribution >= 0.6 is 0 Å². The molecular formula is C9H13N3O4. The van der Waals surface area contributed by atoms with E-state index >= 15 is 0 Å². The van der Waals surface area contributed by atoms with E-state index in [1.807, 2.05) is 0 Å². The van der Waals surface area contributed by atoms with E-state index in [1.165, 1.54) is 7.05 Å². The van der Waals surface area contributed by atoms with Gasteiger partial charge in [-0.15, -0.1) is 6.42 Å². The molecule has 88 valence electrons. The van der Waals surface area contributed by atoms with Gasteiger partial charge in [0.2, 0.25) is 5.91 Å². The molecule has 0 fully saturated rings. The maximum Gasteiger partial charge on any atom is 0.326 e. The Labute approximate surface area is 92.6 Å². The number of carbonyl (C=O) groups excluding carboxylic acids is 2. The quantitative estimate of drug-likeness (QED) is 0.501. The van der Waals surface area contributed by atoms with E-state index in [4.69, 9.17) is 17.3 Å². The fourth-order valence-electron chi connectivity index (χ4n) is 0.869. The normalized spacial score (nSPS) is 11.0. The summed E-state index contributed by atoms with van der Waals surface area (Å²) in [5.74, 6) is 0.0728. The van der Waals surface area contributed by atoms with E-state index in [0.717, 1.165) is 4.90 Å². The molecule has 0 saturated carbocycles. The van der Waals surface area contributed by atoms with Gasteiger partial charge < -0.3 is 21.1 Å². The molecule has 16 heavy (non-hydrogen) atoms. The highest BCUT2D eigenvalue weighted by Crippen LogP contribution is 1.94. The summed E-state index contributed by atoms with van der Waals surface area (Å²) in [6.45, 7) is 0.0365. The van der Waals surface area contributed by atoms with Crippen LogP contribution in [0.2, 0.25) is 0 Å². The van der Waals surface area contributed by atoms with Gasteiger partial charge in [0, 0.05) is 7.05 Å². The summed E-state index contributed by atoms with van der Waals surface area (Å²) in [6, 6.07) is -2.02. The standard InChI is InChI=1S/C9H13N3O4/c1-3-4-12(2)9(16)11-6(8(14)15)5-7(10)13/h1,6H,4-5H2,2H3,(H2,10,13)(H,11,16)(H,14,15). The molecule has 0 heterocycles. The van der Waals surface area contributed by atoms with Crippen molar-refractivity contribution in [2.45, 2.75) is 12.5 Å². The molecule has 0 aromatic heterocycles. The molecular weight excluding hydrogens is 214 g/mol. The number of hydrogen-bond donors (Lipinski definition) is 3. The summed E-state index contributed by atoms with van der Waals surface area (Å²) in [5.41, 5.74) is 4.84. The monoisotopic (exact) mass is 227 g/mol. The number of carboxylic acids is 1. The lowest BCUT2D eigenvalue weighted by Gasteiger charge is -2.18. The molecule has 0 bridgehead atoms. The molecule has 1 unspecified atom stereocenters. The topological polar surface area (TPSA) is 113 Å². The Morgan fingerprint density at radius 2 is 2.12 bits per heavy atom. The Morgan fingerprint density at radius 3 is 2.50 bits per heavy atom. The van der Waals surface area contributed by atoms with Crippen molar-refractivity contribution in [1.82, 2.24) is 10.2 Å². The number of hydrogen-bond acceptors (Lipinski definition) is 3. The van der Waals surface area contributed by atoms with E-state index in [0.29, 0.717) is 0 Å². The first-order chi connectivity index (χ1) is 7.38. The number of nitrogens with zero attached hydrogens (tertiary/aromatic N) is 1. The maximum atomic E-state index is 11.3. The molecule has 0 aliphatic carbocycles. The Morgan fingerprint density at radius 1 is 1.56 bits per heavy atom. The average molecular weight is 227 g/mol. The molecule has 0 rings (SSSR count). The minimum Gasteiger partial charge on any atom is -0.480 e. The summed E-state index contributed by atoms with van der Waals surface area (Å²) in [6.07, 6.45) is 4.51. The molecule has 7 heteroatoms. The fourth-order valence-corrected chi connectivity index (χ4v) is 0.869. The van der Waals surface area contributed by atoms with Crippen LogP contribution in [0.25, 0.3) is 0 Å². The molecule has 0 aliphatic heterocycles. The average Bonchev–Trinajstić information content (AvgIpc) is 2.16. The zero-order chi connectivity index (χ0) is 12.7. The SMILES string of the molecule is C#CCN(C)C(=O)NC(CC(N)=O)C(=O)O. The Bertz CT molecular complexity index is 334. The lowest BCUT2D eigenvalue weighted by molar-refractivity contribution is -0.140. The van der Waals surface area contributed by atoms with Gasteiger partial charge in [0.1, 0.15) is 6.04 Å². The molecule has 0 spiro atoms. The van der Waals surface area contributed by atoms with Gasteiger partial charge in [-0.2, -0.15) is 0 Å². The van der Waals surface area contributed by atoms with Crippen LogP contribution in [0.3, 0.4) is 0 Å². The van der Waals surface area contributed by atoms with Gasteiger partial charge in [-0.1, -0.05) is 5.92 Å². The van der Waals surface area contributed by atoms with Crippen LogP contribution in [-0.4, -0.2) is 47.5 Å². The summed E-state index contributed by atoms with van der Waals surface area (Å²) in [5, 5.41) is 10.8. The van der Waals surface area contributed by atoms with E-state index < -0.39 is 30.4 Å². The van der Waals surface area contributed by atoms with E-state index in [9.17, 15) is 14.4 Å². The number of primary amides is 1. The lowest BCUT2D eigenvalue weighted by Crippen LogP contribution is -2.48. The molecule has 0 aliphatic rings. The predicted molar refractivity (Wildman–Crippen MR) is 55.2 cm³/mol. The number of nitrogens with two attached hydrogens (primary N) is 1. The van der Waals surface area contributed by atoms with Crippen molar-refractivity contribution in [3.05, 3.63) is 0 Å². The first-order valence-corrected chi connectivity index (χ1v) is 4.34. The van der Waals surface area contributed by atoms with Crippen molar-refractivity contribution < 1.29 is 19.5 Å². The number of aliphatic carboxylic acids is 1. The number of nitrogens with one attached hydrogen (secondary N) is 1. The highest BCUT2D eigenvalue weighted by atomic mass is 16.4. The maximum absolute atomic E-state index is 11.3. The lowest BCUT2D eigenvalue weighted by atomic mass is 10.2. The number of urea groups is 1. The van der Waals surface area contributed by atoms with Gasteiger partial charge in [0.15, 0.2) is 0 Å². The molecule has 4 N–H and O–H groups in total. The third-order valence-electron chi connectivity index (χ3n) is 1.68. The van der Waals surface area contributed by atoms with Gasteiger partial charge >= 0.3 is 12.0 Å². The van der Waals surface area contributed by atoms with Crippen LogP contribution in [0.15, 0.2) is 0 Å². The highest BCUT2D eigenvalue weighted by molar-refractivity contribution is 5.87.